The maximum absolute atomic E-state index is 13.9. The number of anilines is 1. The molecule has 0 saturated heterocycles. The molecule has 0 radical (unpaired) electrons. The van der Waals surface area contributed by atoms with Gasteiger partial charge in [-0.15, -0.1) is 0 Å². The van der Waals surface area contributed by atoms with Crippen molar-refractivity contribution in [1.82, 2.24) is 10.7 Å². The van der Waals surface area contributed by atoms with Gasteiger partial charge in [0.2, 0.25) is 11.8 Å². The van der Waals surface area contributed by atoms with Crippen molar-refractivity contribution in [3.05, 3.63) is 64.4 Å². The first-order valence-electron chi connectivity index (χ1n) is 10.6. The predicted molar refractivity (Wildman–Crippen MR) is 122 cm³/mol. The molecular weight excluding hydrogens is 433 g/mol. The minimum absolute atomic E-state index is 0.0777. The number of nitrogens with two attached hydrogens (primary N) is 1. The number of fused-ring (bicyclic) bond motifs is 3. The Kier molecular flexibility index (Phi) is 6.43. The molecule has 2 amide bonds. The lowest BCUT2D eigenvalue weighted by molar-refractivity contribution is -0.122. The van der Waals surface area contributed by atoms with Gasteiger partial charge in [0.1, 0.15) is 11.7 Å². The number of amides is 2. The molecular formula is C23H25ClFN5O2. The van der Waals surface area contributed by atoms with Crippen LogP contribution in [0.3, 0.4) is 0 Å². The van der Waals surface area contributed by atoms with Gasteiger partial charge in [0.05, 0.1) is 23.5 Å². The molecule has 2 aliphatic heterocycles. The van der Waals surface area contributed by atoms with Gasteiger partial charge in [-0.25, -0.2) is 4.39 Å². The highest BCUT2D eigenvalue weighted by Gasteiger charge is 2.43. The van der Waals surface area contributed by atoms with Crippen LogP contribution in [0.2, 0.25) is 5.02 Å². The van der Waals surface area contributed by atoms with E-state index in [1.54, 1.807) is 23.1 Å². The summed E-state index contributed by atoms with van der Waals surface area (Å²) in [4.78, 5) is 27.1. The molecule has 0 aliphatic carbocycles. The molecule has 32 heavy (non-hydrogen) atoms. The summed E-state index contributed by atoms with van der Waals surface area (Å²) >= 11 is 5.88. The fraction of sp³-hybridized carbons (Fsp3) is 0.348. The molecule has 2 unspecified atom stereocenters. The van der Waals surface area contributed by atoms with E-state index in [-0.39, 0.29) is 23.7 Å². The van der Waals surface area contributed by atoms with Crippen molar-refractivity contribution in [3.63, 3.8) is 0 Å². The van der Waals surface area contributed by atoms with Gasteiger partial charge < -0.3 is 21.4 Å². The topological polar surface area (TPSA) is 99.8 Å². The molecule has 0 aromatic heterocycles. The lowest BCUT2D eigenvalue weighted by Crippen LogP contribution is -2.49. The van der Waals surface area contributed by atoms with Crippen molar-refractivity contribution in [1.29, 1.82) is 0 Å². The molecule has 2 aromatic carbocycles. The summed E-state index contributed by atoms with van der Waals surface area (Å²) < 4.78 is 13.9. The summed E-state index contributed by atoms with van der Waals surface area (Å²) in [5, 5.41) is 7.72. The molecule has 4 rings (SSSR count). The second-order valence-electron chi connectivity index (χ2n) is 8.13. The summed E-state index contributed by atoms with van der Waals surface area (Å²) in [6.07, 6.45) is 0.935. The molecule has 2 aromatic rings. The third-order valence-corrected chi connectivity index (χ3v) is 6.06. The van der Waals surface area contributed by atoms with Crippen molar-refractivity contribution < 1.29 is 14.0 Å². The molecule has 9 heteroatoms. The predicted octanol–water partition coefficient (Wildman–Crippen LogP) is 2.21. The van der Waals surface area contributed by atoms with Crippen molar-refractivity contribution in [3.8, 4) is 0 Å². The lowest BCUT2D eigenvalue weighted by Gasteiger charge is -2.34. The number of hydrogen-bond donors (Lipinski definition) is 3. The first-order chi connectivity index (χ1) is 15.3. The van der Waals surface area contributed by atoms with E-state index in [0.717, 1.165) is 5.56 Å². The molecule has 2 aliphatic rings. The van der Waals surface area contributed by atoms with Crippen LogP contribution in [0.5, 0.6) is 0 Å². The summed E-state index contributed by atoms with van der Waals surface area (Å²) in [5.41, 5.74) is 11.7. The Morgan fingerprint density at radius 2 is 2.06 bits per heavy atom. The third kappa shape index (κ3) is 4.47. The van der Waals surface area contributed by atoms with Gasteiger partial charge >= 0.3 is 0 Å². The van der Waals surface area contributed by atoms with Gasteiger partial charge in [0.15, 0.2) is 0 Å². The largest absolute Gasteiger partial charge is 0.355 e. The number of hydrogen-bond acceptors (Lipinski definition) is 5. The van der Waals surface area contributed by atoms with Gasteiger partial charge in [-0.1, -0.05) is 23.7 Å². The van der Waals surface area contributed by atoms with Crippen molar-refractivity contribution >= 4 is 34.8 Å². The van der Waals surface area contributed by atoms with Crippen molar-refractivity contribution in [2.75, 3.05) is 18.0 Å². The number of rotatable bonds is 7. The highest BCUT2D eigenvalue weighted by molar-refractivity contribution is 6.30. The van der Waals surface area contributed by atoms with Crippen LogP contribution in [0.4, 0.5) is 10.1 Å². The van der Waals surface area contributed by atoms with E-state index < -0.39 is 12.0 Å². The van der Waals surface area contributed by atoms with E-state index >= 15 is 0 Å². The number of nitrogens with one attached hydrogen (secondary N) is 2. The number of nitrogens with zero attached hydrogens (tertiary/aromatic N) is 2. The van der Waals surface area contributed by atoms with Gasteiger partial charge in [0.25, 0.3) is 0 Å². The molecule has 3 atom stereocenters. The second kappa shape index (κ2) is 9.26. The van der Waals surface area contributed by atoms with Crippen LogP contribution in [0.25, 0.3) is 0 Å². The van der Waals surface area contributed by atoms with Gasteiger partial charge in [0, 0.05) is 23.7 Å². The summed E-state index contributed by atoms with van der Waals surface area (Å²) in [7, 11) is 0. The van der Waals surface area contributed by atoms with E-state index in [4.69, 9.17) is 17.3 Å². The first-order valence-corrected chi connectivity index (χ1v) is 10.9. The highest BCUT2D eigenvalue weighted by atomic mass is 35.5. The standard InChI is InChI=1S/C23H25ClFN5O2/c1-13-20-21(29-28-13)17-12-16(25)7-8-19(17)30(23(20)32)10-2-9-27-22(31)18(26)11-14-3-5-15(24)6-4-14/h3-8,12-13,18,20,28H,2,9-11,26H2,1H3,(H,27,31)/t13-,18?,20?/m0/s1. The lowest BCUT2D eigenvalue weighted by atomic mass is 9.86. The fourth-order valence-electron chi connectivity index (χ4n) is 4.12. The molecule has 4 N–H and O–H groups in total. The molecule has 168 valence electrons. The van der Waals surface area contributed by atoms with Crippen molar-refractivity contribution in [2.45, 2.75) is 31.8 Å². The zero-order valence-electron chi connectivity index (χ0n) is 17.6. The minimum Gasteiger partial charge on any atom is -0.355 e. The van der Waals surface area contributed by atoms with Crippen molar-refractivity contribution in [2.24, 2.45) is 16.8 Å². The average molecular weight is 458 g/mol. The Morgan fingerprint density at radius 3 is 2.81 bits per heavy atom. The van der Waals surface area contributed by atoms with E-state index in [0.29, 0.717) is 47.9 Å². The Balaban J connectivity index is 1.35. The van der Waals surface area contributed by atoms with Crippen LogP contribution in [0.15, 0.2) is 47.6 Å². The number of benzene rings is 2. The van der Waals surface area contributed by atoms with Crippen LogP contribution in [-0.4, -0.2) is 42.7 Å². The maximum Gasteiger partial charge on any atom is 0.238 e. The second-order valence-corrected chi connectivity index (χ2v) is 8.56. The quantitative estimate of drug-likeness (QED) is 0.555. The number of halogens is 2. The molecule has 0 spiro atoms. The molecule has 7 nitrogen and oxygen atoms in total. The third-order valence-electron chi connectivity index (χ3n) is 5.80. The van der Waals surface area contributed by atoms with Gasteiger partial charge in [-0.3, -0.25) is 9.59 Å². The summed E-state index contributed by atoms with van der Waals surface area (Å²) in [5.74, 6) is -1.16. The Bertz CT molecular complexity index is 1060. The average Bonchev–Trinajstić information content (AvgIpc) is 3.16. The minimum atomic E-state index is -0.680. The smallest absolute Gasteiger partial charge is 0.238 e. The zero-order chi connectivity index (χ0) is 22.8. The zero-order valence-corrected chi connectivity index (χ0v) is 18.4. The van der Waals surface area contributed by atoms with Crippen LogP contribution in [0.1, 0.15) is 24.5 Å². The number of carbonyl (C=O) groups is 2. The van der Waals surface area contributed by atoms with Gasteiger partial charge in [-0.05, 0) is 55.7 Å². The molecule has 0 fully saturated rings. The number of carbonyl (C=O) groups excluding carboxylic acids is 2. The van der Waals surface area contributed by atoms with Crippen LogP contribution >= 0.6 is 11.6 Å². The summed E-state index contributed by atoms with van der Waals surface area (Å²) in [6.45, 7) is 2.64. The monoisotopic (exact) mass is 457 g/mol. The van der Waals surface area contributed by atoms with E-state index in [1.165, 1.54) is 12.1 Å². The molecule has 0 bridgehead atoms. The summed E-state index contributed by atoms with van der Waals surface area (Å²) in [6, 6.07) is 10.7. The maximum atomic E-state index is 13.9. The van der Waals surface area contributed by atoms with Gasteiger partial charge in [-0.2, -0.15) is 5.10 Å². The Hall–Kier alpha value is -2.97. The normalized spacial score (nSPS) is 20.2. The van der Waals surface area contributed by atoms with Crippen LogP contribution < -0.4 is 21.4 Å². The van der Waals surface area contributed by atoms with Crippen LogP contribution in [-0.2, 0) is 16.0 Å². The highest BCUT2D eigenvalue weighted by Crippen LogP contribution is 2.35. The Labute approximate surface area is 190 Å². The van der Waals surface area contributed by atoms with Crippen LogP contribution in [0, 0.1) is 11.7 Å². The first kappa shape index (κ1) is 22.2. The Morgan fingerprint density at radius 1 is 1.31 bits per heavy atom. The van der Waals surface area contributed by atoms with E-state index in [9.17, 15) is 14.0 Å². The fourth-order valence-corrected chi connectivity index (χ4v) is 4.25. The number of hydrazone groups is 1. The van der Waals surface area contributed by atoms with E-state index in [1.807, 2.05) is 19.1 Å². The SMILES string of the molecule is C[C@@H]1NN=C2c3cc(F)ccc3N(CCCNC(=O)C(N)Cc3ccc(Cl)cc3)C(=O)C21. The van der Waals surface area contributed by atoms with E-state index in [2.05, 4.69) is 15.8 Å². The molecule has 2 heterocycles. The molecule has 0 saturated carbocycles.